The van der Waals surface area contributed by atoms with E-state index >= 15 is 0 Å². The minimum Gasteiger partial charge on any atom is -0.159 e. The summed E-state index contributed by atoms with van der Waals surface area (Å²) in [6, 6.07) is 0. The van der Waals surface area contributed by atoms with Crippen molar-refractivity contribution in [3.63, 3.8) is 0 Å². The predicted molar refractivity (Wildman–Crippen MR) is 74.7 cm³/mol. The van der Waals surface area contributed by atoms with Crippen LogP contribution in [0.2, 0.25) is 0 Å². The molecule has 0 radical (unpaired) electrons. The van der Waals surface area contributed by atoms with E-state index in [1.54, 1.807) is 0 Å². The van der Waals surface area contributed by atoms with Crippen LogP contribution in [0, 0.1) is 0 Å². The Morgan fingerprint density at radius 1 is 1.07 bits per heavy atom. The van der Waals surface area contributed by atoms with E-state index in [1.165, 1.54) is 50.7 Å². The Labute approximate surface area is 101 Å². The fraction of sp³-hybridized carbons (Fsp3) is 0.857. The van der Waals surface area contributed by atoms with Gasteiger partial charge in [-0.1, -0.05) is 45.3 Å². The molecule has 0 aromatic carbocycles. The number of rotatable bonds is 10. The van der Waals surface area contributed by atoms with Gasteiger partial charge in [-0.05, 0) is 38.4 Å². The minimum atomic E-state index is 0.922. The summed E-state index contributed by atoms with van der Waals surface area (Å²) in [6.07, 6.45) is 14.1. The first-order valence-electron chi connectivity index (χ1n) is 6.57. The Kier molecular flexibility index (Phi) is 12.2. The normalized spacial score (nSPS) is 13.5. The first kappa shape index (κ1) is 15.1. The van der Waals surface area contributed by atoms with Gasteiger partial charge in [-0.2, -0.15) is 11.8 Å². The Bertz CT molecular complexity index is 140. The van der Waals surface area contributed by atoms with Gasteiger partial charge in [-0.25, -0.2) is 0 Å². The van der Waals surface area contributed by atoms with Crippen molar-refractivity contribution in [2.75, 3.05) is 5.75 Å². The van der Waals surface area contributed by atoms with Gasteiger partial charge in [-0.15, -0.1) is 0 Å². The van der Waals surface area contributed by atoms with Crippen molar-refractivity contribution >= 4 is 11.8 Å². The van der Waals surface area contributed by atoms with Crippen LogP contribution in [0.5, 0.6) is 0 Å². The van der Waals surface area contributed by atoms with E-state index in [-0.39, 0.29) is 0 Å². The molecule has 0 aliphatic heterocycles. The summed E-state index contributed by atoms with van der Waals surface area (Å²) in [5, 5.41) is 0.922. The molecule has 0 saturated carbocycles. The van der Waals surface area contributed by atoms with Crippen molar-refractivity contribution < 1.29 is 0 Å². The maximum absolute atomic E-state index is 2.32. The molecule has 0 fully saturated rings. The van der Waals surface area contributed by atoms with Crippen LogP contribution in [-0.2, 0) is 0 Å². The molecular weight excluding hydrogens is 200 g/mol. The van der Waals surface area contributed by atoms with Crippen LogP contribution in [0.3, 0.4) is 0 Å². The molecule has 0 aromatic rings. The predicted octanol–water partition coefficient (Wildman–Crippen LogP) is 5.43. The summed E-state index contributed by atoms with van der Waals surface area (Å²) in [6.45, 7) is 6.69. The third-order valence-electron chi connectivity index (χ3n) is 2.74. The summed E-state index contributed by atoms with van der Waals surface area (Å²) >= 11 is 2.14. The molecule has 0 aliphatic rings. The maximum atomic E-state index is 2.32. The van der Waals surface area contributed by atoms with Crippen molar-refractivity contribution in [3.8, 4) is 0 Å². The molecule has 0 heterocycles. The lowest BCUT2D eigenvalue weighted by atomic mass is 10.1. The highest BCUT2D eigenvalue weighted by Crippen LogP contribution is 2.20. The van der Waals surface area contributed by atoms with Crippen molar-refractivity contribution in [1.29, 1.82) is 0 Å². The quantitative estimate of drug-likeness (QED) is 0.354. The van der Waals surface area contributed by atoms with E-state index in [2.05, 4.69) is 44.7 Å². The van der Waals surface area contributed by atoms with E-state index < -0.39 is 0 Å². The molecule has 0 nitrogen and oxygen atoms in total. The second-order valence-corrected chi connectivity index (χ2v) is 5.62. The van der Waals surface area contributed by atoms with Crippen molar-refractivity contribution in [3.05, 3.63) is 12.2 Å². The van der Waals surface area contributed by atoms with Gasteiger partial charge in [0.2, 0.25) is 0 Å². The average Bonchev–Trinajstić information content (AvgIpc) is 2.26. The number of hydrogen-bond donors (Lipinski definition) is 0. The zero-order chi connectivity index (χ0) is 11.4. The molecule has 15 heavy (non-hydrogen) atoms. The molecule has 0 rings (SSSR count). The highest BCUT2D eigenvalue weighted by molar-refractivity contribution is 7.99. The summed E-state index contributed by atoms with van der Waals surface area (Å²) in [5.74, 6) is 1.28. The third-order valence-corrected chi connectivity index (χ3v) is 4.11. The van der Waals surface area contributed by atoms with Crippen LogP contribution in [0.1, 0.15) is 65.7 Å². The molecule has 0 aromatic heterocycles. The molecule has 0 bridgehead atoms. The molecule has 0 amide bonds. The van der Waals surface area contributed by atoms with E-state index in [1.807, 2.05) is 0 Å². The van der Waals surface area contributed by atoms with Crippen LogP contribution >= 0.6 is 11.8 Å². The molecule has 0 aliphatic carbocycles. The molecule has 0 spiro atoms. The van der Waals surface area contributed by atoms with E-state index in [9.17, 15) is 0 Å². The largest absolute Gasteiger partial charge is 0.159 e. The number of unbranched alkanes of at least 4 members (excludes halogenated alkanes) is 4. The van der Waals surface area contributed by atoms with Crippen LogP contribution < -0.4 is 0 Å². The molecule has 90 valence electrons. The van der Waals surface area contributed by atoms with Crippen molar-refractivity contribution in [2.45, 2.75) is 71.0 Å². The van der Waals surface area contributed by atoms with Crippen LogP contribution in [0.15, 0.2) is 12.2 Å². The van der Waals surface area contributed by atoms with Crippen LogP contribution in [-0.4, -0.2) is 11.0 Å². The van der Waals surface area contributed by atoms with Crippen molar-refractivity contribution in [2.24, 2.45) is 0 Å². The molecule has 1 heteroatoms. The SMILES string of the molecule is C/C=C/CCCCCCC(CC)SCC. The van der Waals surface area contributed by atoms with Gasteiger partial charge in [0.15, 0.2) is 0 Å². The van der Waals surface area contributed by atoms with Gasteiger partial charge in [0.1, 0.15) is 0 Å². The fourth-order valence-corrected chi connectivity index (χ4v) is 2.84. The Balaban J connectivity index is 3.21. The first-order valence-corrected chi connectivity index (χ1v) is 7.62. The highest BCUT2D eigenvalue weighted by Gasteiger charge is 2.04. The Hall–Kier alpha value is 0.0900. The van der Waals surface area contributed by atoms with Crippen LogP contribution in [0.25, 0.3) is 0 Å². The molecule has 1 unspecified atom stereocenters. The molecule has 1 atom stereocenters. The summed E-state index contributed by atoms with van der Waals surface area (Å²) in [7, 11) is 0. The van der Waals surface area contributed by atoms with Crippen LogP contribution in [0.4, 0.5) is 0 Å². The van der Waals surface area contributed by atoms with Gasteiger partial charge in [0, 0.05) is 5.25 Å². The van der Waals surface area contributed by atoms with Crippen molar-refractivity contribution in [1.82, 2.24) is 0 Å². The fourth-order valence-electron chi connectivity index (χ4n) is 1.80. The topological polar surface area (TPSA) is 0 Å². The second kappa shape index (κ2) is 12.2. The first-order chi connectivity index (χ1) is 7.35. The second-order valence-electron chi connectivity index (χ2n) is 4.05. The Morgan fingerprint density at radius 2 is 1.80 bits per heavy atom. The van der Waals surface area contributed by atoms with E-state index in [0.717, 1.165) is 5.25 Å². The summed E-state index contributed by atoms with van der Waals surface area (Å²) in [4.78, 5) is 0. The van der Waals surface area contributed by atoms with Gasteiger partial charge in [-0.3, -0.25) is 0 Å². The van der Waals surface area contributed by atoms with Gasteiger partial charge < -0.3 is 0 Å². The highest BCUT2D eigenvalue weighted by atomic mass is 32.2. The number of allylic oxidation sites excluding steroid dienone is 2. The molecular formula is C14H28S. The van der Waals surface area contributed by atoms with E-state index in [0.29, 0.717) is 0 Å². The monoisotopic (exact) mass is 228 g/mol. The zero-order valence-electron chi connectivity index (χ0n) is 10.8. The summed E-state index contributed by atoms with van der Waals surface area (Å²) < 4.78 is 0. The molecule has 0 N–H and O–H groups in total. The lowest BCUT2D eigenvalue weighted by Gasteiger charge is -2.12. The van der Waals surface area contributed by atoms with E-state index in [4.69, 9.17) is 0 Å². The maximum Gasteiger partial charge on any atom is 0.00443 e. The Morgan fingerprint density at radius 3 is 2.40 bits per heavy atom. The molecule has 0 saturated heterocycles. The average molecular weight is 228 g/mol. The smallest absolute Gasteiger partial charge is 0.00443 e. The number of hydrogen-bond acceptors (Lipinski definition) is 1. The number of thioether (sulfide) groups is 1. The lowest BCUT2D eigenvalue weighted by Crippen LogP contribution is -2.00. The lowest BCUT2D eigenvalue weighted by molar-refractivity contribution is 0.599. The standard InChI is InChI=1S/C14H28S/c1-4-7-8-9-10-11-12-13-14(5-2)15-6-3/h4,7,14H,5-6,8-13H2,1-3H3/b7-4+. The third kappa shape index (κ3) is 10.4. The van der Waals surface area contributed by atoms with Gasteiger partial charge in [0.05, 0.1) is 0 Å². The minimum absolute atomic E-state index is 0.922. The van der Waals surface area contributed by atoms with Gasteiger partial charge in [0.25, 0.3) is 0 Å². The zero-order valence-corrected chi connectivity index (χ0v) is 11.6. The van der Waals surface area contributed by atoms with Gasteiger partial charge >= 0.3 is 0 Å². The summed E-state index contributed by atoms with van der Waals surface area (Å²) in [5.41, 5.74) is 0.